The Bertz CT molecular complexity index is 833. The summed E-state index contributed by atoms with van der Waals surface area (Å²) in [7, 11) is 1.48. The van der Waals surface area contributed by atoms with Gasteiger partial charge in [-0.2, -0.15) is 10.1 Å². The van der Waals surface area contributed by atoms with Crippen LogP contribution in [-0.4, -0.2) is 35.1 Å². The van der Waals surface area contributed by atoms with Crippen molar-refractivity contribution in [3.8, 4) is 11.5 Å². The lowest BCUT2D eigenvalue weighted by atomic mass is 10.0. The van der Waals surface area contributed by atoms with Gasteiger partial charge in [-0.3, -0.25) is 0 Å². The molecule has 0 aromatic heterocycles. The summed E-state index contributed by atoms with van der Waals surface area (Å²) in [6.45, 7) is 2.17. The first-order valence-electron chi connectivity index (χ1n) is 8.30. The average molecular weight is 355 g/mol. The quantitative estimate of drug-likeness (QED) is 0.803. The molecule has 0 bridgehead atoms. The molecular formula is C19H21N3O4. The molecule has 0 radical (unpaired) electrons. The third-order valence-corrected chi connectivity index (χ3v) is 4.14. The standard InChI is InChI=1S/C19H21N3O4/c1-3-16-18(13-6-9-17(25-2)15(23)10-13)21-22(19(24)26-16)11-12-4-7-14(20)8-5-12/h4-10,16,23H,3,11,20H2,1-2H3. The summed E-state index contributed by atoms with van der Waals surface area (Å²) in [5.41, 5.74) is 8.48. The number of rotatable bonds is 5. The van der Waals surface area contributed by atoms with E-state index in [9.17, 15) is 9.90 Å². The van der Waals surface area contributed by atoms with Gasteiger partial charge in [0.1, 0.15) is 11.8 Å². The molecule has 136 valence electrons. The fourth-order valence-corrected chi connectivity index (χ4v) is 2.74. The van der Waals surface area contributed by atoms with Gasteiger partial charge in [0.2, 0.25) is 0 Å². The maximum atomic E-state index is 12.3. The monoisotopic (exact) mass is 355 g/mol. The van der Waals surface area contributed by atoms with Crippen LogP contribution in [0.1, 0.15) is 24.5 Å². The smallest absolute Gasteiger partial charge is 0.431 e. The molecule has 0 spiro atoms. The highest BCUT2D eigenvalue weighted by atomic mass is 16.6. The zero-order valence-corrected chi connectivity index (χ0v) is 14.7. The van der Waals surface area contributed by atoms with Gasteiger partial charge >= 0.3 is 6.09 Å². The molecule has 0 fully saturated rings. The van der Waals surface area contributed by atoms with Gasteiger partial charge in [-0.1, -0.05) is 19.1 Å². The summed E-state index contributed by atoms with van der Waals surface area (Å²) in [5, 5.41) is 15.8. The Labute approximate surface area is 151 Å². The number of ether oxygens (including phenoxy) is 2. The number of anilines is 1. The van der Waals surface area contributed by atoms with Crippen molar-refractivity contribution in [1.82, 2.24) is 5.01 Å². The van der Waals surface area contributed by atoms with Crippen molar-refractivity contribution in [3.63, 3.8) is 0 Å². The van der Waals surface area contributed by atoms with Crippen LogP contribution >= 0.6 is 0 Å². The third-order valence-electron chi connectivity index (χ3n) is 4.14. The van der Waals surface area contributed by atoms with Crippen molar-refractivity contribution in [2.45, 2.75) is 26.0 Å². The van der Waals surface area contributed by atoms with Crippen LogP contribution < -0.4 is 10.5 Å². The van der Waals surface area contributed by atoms with Gasteiger partial charge in [0.25, 0.3) is 0 Å². The minimum Gasteiger partial charge on any atom is -0.504 e. The fourth-order valence-electron chi connectivity index (χ4n) is 2.74. The number of methoxy groups -OCH3 is 1. The van der Waals surface area contributed by atoms with Crippen LogP contribution in [-0.2, 0) is 11.3 Å². The molecule has 1 aliphatic heterocycles. The SMILES string of the molecule is CCC1OC(=O)N(Cc2ccc(N)cc2)N=C1c1ccc(OC)c(O)c1. The van der Waals surface area contributed by atoms with E-state index in [0.717, 1.165) is 5.56 Å². The summed E-state index contributed by atoms with van der Waals surface area (Å²) < 4.78 is 10.6. The second kappa shape index (κ2) is 7.35. The van der Waals surface area contributed by atoms with Crippen molar-refractivity contribution in [2.75, 3.05) is 12.8 Å². The normalized spacial score (nSPS) is 16.8. The van der Waals surface area contributed by atoms with E-state index >= 15 is 0 Å². The van der Waals surface area contributed by atoms with Crippen molar-refractivity contribution < 1.29 is 19.4 Å². The second-order valence-corrected chi connectivity index (χ2v) is 5.95. The lowest BCUT2D eigenvalue weighted by Gasteiger charge is -2.29. The first-order valence-corrected chi connectivity index (χ1v) is 8.30. The Morgan fingerprint density at radius 1 is 1.27 bits per heavy atom. The predicted octanol–water partition coefficient (Wildman–Crippen LogP) is 3.12. The number of phenols is 1. The Hall–Kier alpha value is -3.22. The number of carbonyl (C=O) groups excluding carboxylic acids is 1. The highest BCUT2D eigenvalue weighted by Gasteiger charge is 2.31. The lowest BCUT2D eigenvalue weighted by molar-refractivity contribution is 0.0712. The number of phenolic OH excluding ortho intramolecular Hbond substituents is 1. The van der Waals surface area contributed by atoms with Crippen LogP contribution in [0.2, 0.25) is 0 Å². The summed E-state index contributed by atoms with van der Waals surface area (Å²) in [5.74, 6) is 0.374. The molecule has 7 nitrogen and oxygen atoms in total. The number of carbonyl (C=O) groups is 1. The number of hydrogen-bond donors (Lipinski definition) is 2. The van der Waals surface area contributed by atoms with Crippen LogP contribution in [0.15, 0.2) is 47.6 Å². The average Bonchev–Trinajstić information content (AvgIpc) is 2.64. The van der Waals surface area contributed by atoms with Gasteiger partial charge in [-0.25, -0.2) is 4.79 Å². The molecule has 7 heteroatoms. The molecule has 1 atom stereocenters. The third kappa shape index (κ3) is 3.56. The number of nitrogens with two attached hydrogens (primary N) is 1. The van der Waals surface area contributed by atoms with E-state index in [0.29, 0.717) is 29.1 Å². The van der Waals surface area contributed by atoms with Crippen LogP contribution in [0.25, 0.3) is 0 Å². The van der Waals surface area contributed by atoms with E-state index in [4.69, 9.17) is 15.2 Å². The lowest BCUT2D eigenvalue weighted by Crippen LogP contribution is -2.41. The Morgan fingerprint density at radius 3 is 2.62 bits per heavy atom. The molecule has 0 saturated carbocycles. The van der Waals surface area contributed by atoms with Crippen molar-refractivity contribution in [3.05, 3.63) is 53.6 Å². The number of hydrazone groups is 1. The molecule has 26 heavy (non-hydrogen) atoms. The minimum absolute atomic E-state index is 0.00420. The van der Waals surface area contributed by atoms with E-state index in [1.807, 2.05) is 19.1 Å². The van der Waals surface area contributed by atoms with Crippen LogP contribution in [0.3, 0.4) is 0 Å². The summed E-state index contributed by atoms with van der Waals surface area (Å²) in [6.07, 6.45) is -0.402. The predicted molar refractivity (Wildman–Crippen MR) is 98.2 cm³/mol. The molecule has 2 aromatic carbocycles. The zero-order valence-electron chi connectivity index (χ0n) is 14.7. The fraction of sp³-hybridized carbons (Fsp3) is 0.263. The van der Waals surface area contributed by atoms with Crippen molar-refractivity contribution >= 4 is 17.5 Å². The molecule has 1 heterocycles. The molecule has 0 aliphatic carbocycles. The maximum Gasteiger partial charge on any atom is 0.431 e. The number of nitrogen functional groups attached to an aromatic ring is 1. The molecule has 3 rings (SSSR count). The summed E-state index contributed by atoms with van der Waals surface area (Å²) >= 11 is 0. The minimum atomic E-state index is -0.504. The van der Waals surface area contributed by atoms with Crippen molar-refractivity contribution in [1.29, 1.82) is 0 Å². The van der Waals surface area contributed by atoms with Gasteiger partial charge < -0.3 is 20.3 Å². The molecule has 1 aliphatic rings. The number of benzene rings is 2. The Kier molecular flexibility index (Phi) is 4.97. The van der Waals surface area contributed by atoms with Gasteiger partial charge in [0.05, 0.1) is 13.7 Å². The van der Waals surface area contributed by atoms with Gasteiger partial charge in [-0.05, 0) is 42.3 Å². The molecule has 3 N–H and O–H groups in total. The van der Waals surface area contributed by atoms with Gasteiger partial charge in [0.15, 0.2) is 11.5 Å². The number of cyclic esters (lactones) is 1. The molecule has 0 saturated heterocycles. The van der Waals surface area contributed by atoms with Gasteiger partial charge in [-0.15, -0.1) is 0 Å². The Morgan fingerprint density at radius 2 is 2.00 bits per heavy atom. The summed E-state index contributed by atoms with van der Waals surface area (Å²) in [6, 6.07) is 12.2. The molecular weight excluding hydrogens is 334 g/mol. The molecule has 1 unspecified atom stereocenters. The van der Waals surface area contributed by atoms with E-state index in [2.05, 4.69) is 5.10 Å². The van der Waals surface area contributed by atoms with E-state index in [1.165, 1.54) is 12.1 Å². The Balaban J connectivity index is 1.93. The van der Waals surface area contributed by atoms with Crippen LogP contribution in [0.5, 0.6) is 11.5 Å². The van der Waals surface area contributed by atoms with Crippen LogP contribution in [0, 0.1) is 0 Å². The van der Waals surface area contributed by atoms with E-state index < -0.39 is 12.2 Å². The number of aromatic hydroxyl groups is 1. The molecule has 1 amide bonds. The summed E-state index contributed by atoms with van der Waals surface area (Å²) in [4.78, 5) is 12.3. The number of amides is 1. The first-order chi connectivity index (χ1) is 12.5. The van der Waals surface area contributed by atoms with Crippen molar-refractivity contribution in [2.24, 2.45) is 5.10 Å². The highest BCUT2D eigenvalue weighted by Crippen LogP contribution is 2.29. The largest absolute Gasteiger partial charge is 0.504 e. The molecule has 2 aromatic rings. The van der Waals surface area contributed by atoms with E-state index in [-0.39, 0.29) is 12.3 Å². The van der Waals surface area contributed by atoms with Crippen LogP contribution in [0.4, 0.5) is 10.5 Å². The second-order valence-electron chi connectivity index (χ2n) is 5.95. The highest BCUT2D eigenvalue weighted by molar-refractivity contribution is 6.06. The van der Waals surface area contributed by atoms with Gasteiger partial charge in [0, 0.05) is 11.3 Å². The van der Waals surface area contributed by atoms with E-state index in [1.54, 1.807) is 30.3 Å². The maximum absolute atomic E-state index is 12.3. The number of hydrogen-bond acceptors (Lipinski definition) is 6. The first kappa shape index (κ1) is 17.6. The topological polar surface area (TPSA) is 97.4 Å². The number of nitrogens with zero attached hydrogens (tertiary/aromatic N) is 2. The zero-order chi connectivity index (χ0) is 18.7.